The summed E-state index contributed by atoms with van der Waals surface area (Å²) in [6.45, 7) is -0.386. The Balaban J connectivity index is 1.43. The van der Waals surface area contributed by atoms with Crippen LogP contribution in [0.4, 0.5) is 10.5 Å². The zero-order valence-corrected chi connectivity index (χ0v) is 22.3. The fourth-order valence-corrected chi connectivity index (χ4v) is 5.02. The number of imide groups is 1. The van der Waals surface area contributed by atoms with Gasteiger partial charge in [0.1, 0.15) is 13.2 Å². The molecule has 1 aliphatic heterocycles. The lowest BCUT2D eigenvalue weighted by Crippen LogP contribution is -2.36. The summed E-state index contributed by atoms with van der Waals surface area (Å²) in [6.07, 6.45) is 1.45. The van der Waals surface area contributed by atoms with Crippen LogP contribution in [0.5, 0.6) is 5.75 Å². The van der Waals surface area contributed by atoms with Crippen molar-refractivity contribution in [3.63, 3.8) is 0 Å². The number of rotatable bonds is 8. The van der Waals surface area contributed by atoms with Crippen LogP contribution in [0.25, 0.3) is 6.08 Å². The Bertz CT molecular complexity index is 1450. The van der Waals surface area contributed by atoms with E-state index in [1.54, 1.807) is 36.4 Å². The molecule has 3 aromatic rings. The monoisotopic (exact) mass is 590 g/mol. The minimum atomic E-state index is -1.03. The summed E-state index contributed by atoms with van der Waals surface area (Å²) >= 11 is 19.4. The third kappa shape index (κ3) is 6.49. The second-order valence-corrected chi connectivity index (χ2v) is 10.1. The smallest absolute Gasteiger partial charge is 0.335 e. The van der Waals surface area contributed by atoms with Crippen LogP contribution in [0.15, 0.2) is 65.6 Å². The number of hydrogen-bond acceptors (Lipinski definition) is 6. The third-order valence-corrected chi connectivity index (χ3v) is 7.02. The molecule has 0 spiro atoms. The number of carbonyl (C=O) groups is 4. The van der Waals surface area contributed by atoms with Crippen LogP contribution in [-0.2, 0) is 16.2 Å². The number of carbonyl (C=O) groups excluding carboxylic acids is 3. The fourth-order valence-electron chi connectivity index (χ4n) is 3.38. The van der Waals surface area contributed by atoms with Crippen molar-refractivity contribution in [2.75, 3.05) is 11.9 Å². The molecule has 3 aromatic carbocycles. The van der Waals surface area contributed by atoms with E-state index in [0.29, 0.717) is 33.6 Å². The van der Waals surface area contributed by atoms with Crippen molar-refractivity contribution in [3.05, 3.63) is 97.3 Å². The molecule has 0 saturated carbocycles. The van der Waals surface area contributed by atoms with Crippen LogP contribution < -0.4 is 10.1 Å². The lowest BCUT2D eigenvalue weighted by atomic mass is 10.1. The molecule has 38 heavy (non-hydrogen) atoms. The molecule has 8 nitrogen and oxygen atoms in total. The number of ether oxygens (including phenoxy) is 1. The molecule has 4 rings (SSSR count). The number of nitrogens with one attached hydrogen (secondary N) is 1. The zero-order chi connectivity index (χ0) is 27.4. The molecule has 0 radical (unpaired) electrons. The normalized spacial score (nSPS) is 14.2. The van der Waals surface area contributed by atoms with E-state index in [1.807, 2.05) is 0 Å². The summed E-state index contributed by atoms with van der Waals surface area (Å²) < 4.78 is 5.71. The van der Waals surface area contributed by atoms with Crippen molar-refractivity contribution in [1.29, 1.82) is 0 Å². The lowest BCUT2D eigenvalue weighted by Gasteiger charge is -2.13. The molecule has 0 aromatic heterocycles. The highest BCUT2D eigenvalue weighted by Gasteiger charge is 2.36. The van der Waals surface area contributed by atoms with Gasteiger partial charge in [-0.05, 0) is 65.4 Å². The first-order chi connectivity index (χ1) is 18.1. The van der Waals surface area contributed by atoms with E-state index in [-0.39, 0.29) is 32.9 Å². The first-order valence-corrected chi connectivity index (χ1v) is 12.8. The van der Waals surface area contributed by atoms with Gasteiger partial charge >= 0.3 is 5.97 Å². The minimum Gasteiger partial charge on any atom is -0.486 e. The molecule has 0 aliphatic carbocycles. The highest BCUT2D eigenvalue weighted by molar-refractivity contribution is 8.18. The fraction of sp³-hybridized carbons (Fsp3) is 0.0769. The van der Waals surface area contributed by atoms with Crippen molar-refractivity contribution in [2.45, 2.75) is 6.61 Å². The Kier molecular flexibility index (Phi) is 8.63. The Hall–Kier alpha value is -3.50. The second-order valence-electron chi connectivity index (χ2n) is 7.90. The number of halogens is 3. The average molecular weight is 592 g/mol. The van der Waals surface area contributed by atoms with Gasteiger partial charge in [-0.3, -0.25) is 19.3 Å². The number of para-hydroxylation sites is 1. The molecule has 3 amide bonds. The van der Waals surface area contributed by atoms with Crippen LogP contribution >= 0.6 is 46.6 Å². The van der Waals surface area contributed by atoms with E-state index in [2.05, 4.69) is 5.32 Å². The Labute approximate surface area is 236 Å². The highest BCUT2D eigenvalue weighted by atomic mass is 35.5. The van der Waals surface area contributed by atoms with Crippen LogP contribution in [-0.4, -0.2) is 39.6 Å². The van der Waals surface area contributed by atoms with E-state index in [1.165, 1.54) is 30.3 Å². The maximum absolute atomic E-state index is 12.8. The second kappa shape index (κ2) is 11.9. The number of amides is 3. The number of carboxylic acid groups (broad SMARTS) is 1. The number of hydrogen-bond donors (Lipinski definition) is 2. The van der Waals surface area contributed by atoms with Crippen LogP contribution in [0.3, 0.4) is 0 Å². The SMILES string of the molecule is O=C(CN1C(=O)S/C(=C/c2cc(Cl)c(OCc3ccc(C(=O)O)cc3)c(Cl)c2)C1=O)Nc1ccccc1Cl. The lowest BCUT2D eigenvalue weighted by molar-refractivity contribution is -0.127. The van der Waals surface area contributed by atoms with Crippen molar-refractivity contribution in [2.24, 2.45) is 0 Å². The summed E-state index contributed by atoms with van der Waals surface area (Å²) in [5.41, 5.74) is 1.67. The standard InChI is InChI=1S/C26H17Cl3N2O6S/c27-17-3-1-2-4-20(17)30-22(32)12-31-24(33)21(38-26(31)36)11-15-9-18(28)23(19(29)10-15)37-13-14-5-7-16(8-6-14)25(34)35/h1-11H,12-13H2,(H,30,32)(H,34,35)/b21-11+. The number of carboxylic acids is 1. The van der Waals surface area contributed by atoms with Gasteiger partial charge in [-0.2, -0.15) is 0 Å². The largest absolute Gasteiger partial charge is 0.486 e. The quantitative estimate of drug-likeness (QED) is 0.284. The molecule has 12 heteroatoms. The van der Waals surface area contributed by atoms with Crippen LogP contribution in [0.2, 0.25) is 15.1 Å². The number of anilines is 1. The van der Waals surface area contributed by atoms with Gasteiger partial charge in [0.25, 0.3) is 11.1 Å². The van der Waals surface area contributed by atoms with E-state index in [0.717, 1.165) is 4.90 Å². The molecule has 0 bridgehead atoms. The molecule has 2 N–H and O–H groups in total. The van der Waals surface area contributed by atoms with Gasteiger partial charge in [0.15, 0.2) is 5.75 Å². The molecule has 0 unspecified atom stereocenters. The number of aromatic carboxylic acids is 1. The van der Waals surface area contributed by atoms with Crippen molar-refractivity contribution < 1.29 is 29.0 Å². The molecule has 194 valence electrons. The molecular weight excluding hydrogens is 575 g/mol. The third-order valence-electron chi connectivity index (χ3n) is 5.23. The number of nitrogens with zero attached hydrogens (tertiary/aromatic N) is 1. The van der Waals surface area contributed by atoms with Crippen LogP contribution in [0.1, 0.15) is 21.5 Å². The van der Waals surface area contributed by atoms with Gasteiger partial charge < -0.3 is 15.2 Å². The van der Waals surface area contributed by atoms with E-state index in [4.69, 9.17) is 44.6 Å². The van der Waals surface area contributed by atoms with Crippen molar-refractivity contribution in [1.82, 2.24) is 4.90 Å². The molecule has 1 saturated heterocycles. The predicted molar refractivity (Wildman–Crippen MR) is 147 cm³/mol. The number of thioether (sulfide) groups is 1. The Morgan fingerprint density at radius 1 is 0.974 bits per heavy atom. The molecule has 1 aliphatic rings. The topological polar surface area (TPSA) is 113 Å². The summed E-state index contributed by atoms with van der Waals surface area (Å²) in [5.74, 6) is -2.03. The minimum absolute atomic E-state index is 0.0911. The summed E-state index contributed by atoms with van der Waals surface area (Å²) in [6, 6.07) is 15.8. The van der Waals surface area contributed by atoms with Crippen molar-refractivity contribution in [3.8, 4) is 5.75 Å². The summed E-state index contributed by atoms with van der Waals surface area (Å²) in [5, 5.41) is 11.6. The maximum atomic E-state index is 12.8. The van der Waals surface area contributed by atoms with Gasteiger partial charge in [-0.25, -0.2) is 4.79 Å². The van der Waals surface area contributed by atoms with E-state index in [9.17, 15) is 19.2 Å². The molecular formula is C26H17Cl3N2O6S. The van der Waals surface area contributed by atoms with Gasteiger partial charge in [-0.1, -0.05) is 59.1 Å². The van der Waals surface area contributed by atoms with Gasteiger partial charge in [0.2, 0.25) is 5.91 Å². The highest BCUT2D eigenvalue weighted by Crippen LogP contribution is 2.38. The summed E-state index contributed by atoms with van der Waals surface area (Å²) in [7, 11) is 0. The molecule has 0 atom stereocenters. The van der Waals surface area contributed by atoms with Gasteiger partial charge in [0.05, 0.1) is 31.2 Å². The van der Waals surface area contributed by atoms with Gasteiger partial charge in [0, 0.05) is 0 Å². The Morgan fingerprint density at radius 3 is 2.26 bits per heavy atom. The Morgan fingerprint density at radius 2 is 1.63 bits per heavy atom. The maximum Gasteiger partial charge on any atom is 0.335 e. The van der Waals surface area contributed by atoms with Crippen molar-refractivity contribution >= 4 is 81.4 Å². The first kappa shape index (κ1) is 27.5. The zero-order valence-electron chi connectivity index (χ0n) is 19.2. The van der Waals surface area contributed by atoms with E-state index >= 15 is 0 Å². The first-order valence-electron chi connectivity index (χ1n) is 10.9. The summed E-state index contributed by atoms with van der Waals surface area (Å²) in [4.78, 5) is 49.5. The van der Waals surface area contributed by atoms with Gasteiger partial charge in [-0.15, -0.1) is 0 Å². The van der Waals surface area contributed by atoms with Crippen LogP contribution in [0, 0.1) is 0 Å². The van der Waals surface area contributed by atoms with E-state index < -0.39 is 29.6 Å². The average Bonchev–Trinajstić information content (AvgIpc) is 3.12. The molecule has 1 heterocycles. The molecule has 1 fully saturated rings. The predicted octanol–water partition coefficient (Wildman–Crippen LogP) is 6.60. The number of benzene rings is 3.